The molecule has 0 saturated heterocycles. The molecule has 0 radical (unpaired) electrons. The van der Waals surface area contributed by atoms with Crippen LogP contribution in [-0.2, 0) is 4.79 Å². The summed E-state index contributed by atoms with van der Waals surface area (Å²) in [7, 11) is 1.82. The van der Waals surface area contributed by atoms with Crippen LogP contribution in [0.1, 0.15) is 25.8 Å². The Morgan fingerprint density at radius 3 is 2.65 bits per heavy atom. The summed E-state index contributed by atoms with van der Waals surface area (Å²) in [5.41, 5.74) is 0.896. The molecule has 2 heterocycles. The van der Waals surface area contributed by atoms with E-state index >= 15 is 0 Å². The van der Waals surface area contributed by atoms with Crippen molar-refractivity contribution in [3.05, 3.63) is 47.8 Å². The lowest BCUT2D eigenvalue weighted by Crippen LogP contribution is -2.33. The van der Waals surface area contributed by atoms with E-state index in [1.54, 1.807) is 16.2 Å². The molecule has 1 fully saturated rings. The summed E-state index contributed by atoms with van der Waals surface area (Å²) < 4.78 is 2.21. The lowest BCUT2D eigenvalue weighted by Gasteiger charge is -2.21. The minimum absolute atomic E-state index is 0.0595. The Bertz CT molecular complexity index is 888. The zero-order chi connectivity index (χ0) is 18.1. The first-order valence-electron chi connectivity index (χ1n) is 8.63. The predicted molar refractivity (Wildman–Crippen MR) is 107 cm³/mol. The summed E-state index contributed by atoms with van der Waals surface area (Å²) >= 11 is 3.16. The minimum Gasteiger partial charge on any atom is -0.315 e. The molecule has 1 aliphatic rings. The summed E-state index contributed by atoms with van der Waals surface area (Å²) in [6, 6.07) is 14.3. The van der Waals surface area contributed by atoms with Crippen molar-refractivity contribution in [3.8, 4) is 10.7 Å². The third-order valence-electron chi connectivity index (χ3n) is 4.42. The van der Waals surface area contributed by atoms with Gasteiger partial charge in [-0.2, -0.15) is 0 Å². The van der Waals surface area contributed by atoms with E-state index in [4.69, 9.17) is 0 Å². The Hall–Kier alpha value is -2.12. The second-order valence-corrected chi connectivity index (χ2v) is 8.63. The third kappa shape index (κ3) is 3.41. The summed E-state index contributed by atoms with van der Waals surface area (Å²) in [6.45, 7) is 1.93. The standard InChI is InChI=1S/C19H20N4OS2/c1-13(18(24)22(2)14-7-4-3-5-8-14)26-19-21-20-17(16-9-6-12-25-16)23(19)15-10-11-15/h3-9,12-13,15H,10-11H2,1-2H3/t13-/m0/s1. The Morgan fingerprint density at radius 1 is 1.23 bits per heavy atom. The first-order chi connectivity index (χ1) is 12.6. The number of amides is 1. The number of benzene rings is 1. The topological polar surface area (TPSA) is 51.0 Å². The van der Waals surface area contributed by atoms with Crippen molar-refractivity contribution < 1.29 is 4.79 Å². The van der Waals surface area contributed by atoms with Gasteiger partial charge in [0, 0.05) is 18.8 Å². The van der Waals surface area contributed by atoms with Gasteiger partial charge in [-0.1, -0.05) is 36.0 Å². The van der Waals surface area contributed by atoms with Crippen molar-refractivity contribution in [3.63, 3.8) is 0 Å². The number of thioether (sulfide) groups is 1. The number of anilines is 1. The van der Waals surface area contributed by atoms with E-state index in [0.29, 0.717) is 6.04 Å². The quantitative estimate of drug-likeness (QED) is 0.588. The molecular weight excluding hydrogens is 364 g/mol. The highest BCUT2D eigenvalue weighted by Crippen LogP contribution is 2.42. The second kappa shape index (κ2) is 7.25. The maximum absolute atomic E-state index is 12.8. The van der Waals surface area contributed by atoms with E-state index < -0.39 is 0 Å². The van der Waals surface area contributed by atoms with Gasteiger partial charge in [0.2, 0.25) is 5.91 Å². The number of para-hydroxylation sites is 1. The van der Waals surface area contributed by atoms with Gasteiger partial charge in [-0.15, -0.1) is 21.5 Å². The van der Waals surface area contributed by atoms with Crippen molar-refractivity contribution in [1.82, 2.24) is 14.8 Å². The van der Waals surface area contributed by atoms with Gasteiger partial charge in [0.15, 0.2) is 11.0 Å². The lowest BCUT2D eigenvalue weighted by atomic mass is 10.3. The lowest BCUT2D eigenvalue weighted by molar-refractivity contribution is -0.117. The first-order valence-corrected chi connectivity index (χ1v) is 10.4. The van der Waals surface area contributed by atoms with E-state index in [0.717, 1.165) is 34.4 Å². The van der Waals surface area contributed by atoms with E-state index in [2.05, 4.69) is 26.2 Å². The molecule has 1 aromatic carbocycles. The molecule has 0 spiro atoms. The van der Waals surface area contributed by atoms with Crippen LogP contribution in [-0.4, -0.2) is 33.0 Å². The van der Waals surface area contributed by atoms with Crippen LogP contribution in [0.25, 0.3) is 10.7 Å². The van der Waals surface area contributed by atoms with E-state index in [1.165, 1.54) is 11.8 Å². The van der Waals surface area contributed by atoms with Gasteiger partial charge in [-0.25, -0.2) is 0 Å². The second-order valence-electron chi connectivity index (χ2n) is 6.38. The molecule has 7 heteroatoms. The van der Waals surface area contributed by atoms with Gasteiger partial charge < -0.3 is 4.90 Å². The van der Waals surface area contributed by atoms with Crippen LogP contribution >= 0.6 is 23.1 Å². The minimum atomic E-state index is -0.238. The molecule has 26 heavy (non-hydrogen) atoms. The molecule has 3 aromatic rings. The number of carbonyl (C=O) groups is 1. The third-order valence-corrected chi connectivity index (χ3v) is 6.33. The average molecular weight is 385 g/mol. The van der Waals surface area contributed by atoms with Gasteiger partial charge in [0.05, 0.1) is 10.1 Å². The molecule has 4 rings (SSSR count). The monoisotopic (exact) mass is 384 g/mol. The first kappa shape index (κ1) is 17.3. The van der Waals surface area contributed by atoms with Crippen molar-refractivity contribution in [2.75, 3.05) is 11.9 Å². The predicted octanol–water partition coefficient (Wildman–Crippen LogP) is 4.49. The molecule has 0 unspecified atom stereocenters. The smallest absolute Gasteiger partial charge is 0.240 e. The van der Waals surface area contributed by atoms with Crippen molar-refractivity contribution in [1.29, 1.82) is 0 Å². The number of aromatic nitrogens is 3. The van der Waals surface area contributed by atoms with Crippen molar-refractivity contribution in [2.24, 2.45) is 0 Å². The van der Waals surface area contributed by atoms with Crippen molar-refractivity contribution in [2.45, 2.75) is 36.2 Å². The molecule has 0 N–H and O–H groups in total. The van der Waals surface area contributed by atoms with E-state index in [1.807, 2.05) is 50.4 Å². The number of thiophene rings is 1. The molecule has 1 aliphatic carbocycles. The van der Waals surface area contributed by atoms with Crippen LogP contribution < -0.4 is 4.90 Å². The molecule has 0 bridgehead atoms. The summed E-state index contributed by atoms with van der Waals surface area (Å²) in [5, 5.41) is 11.5. The molecule has 134 valence electrons. The van der Waals surface area contributed by atoms with Gasteiger partial charge >= 0.3 is 0 Å². The molecule has 1 atom stereocenters. The fourth-order valence-corrected chi connectivity index (χ4v) is 4.57. The SMILES string of the molecule is C[C@H](Sc1nnc(-c2cccs2)n1C1CC1)C(=O)N(C)c1ccccc1. The number of hydrogen-bond acceptors (Lipinski definition) is 5. The Balaban J connectivity index is 1.54. The van der Waals surface area contributed by atoms with Gasteiger partial charge in [-0.05, 0) is 43.3 Å². The highest BCUT2D eigenvalue weighted by molar-refractivity contribution is 8.00. The van der Waals surface area contributed by atoms with E-state index in [-0.39, 0.29) is 11.2 Å². The number of hydrogen-bond donors (Lipinski definition) is 0. The normalized spacial score (nSPS) is 15.0. The van der Waals surface area contributed by atoms with Crippen LogP contribution in [0.3, 0.4) is 0 Å². The summed E-state index contributed by atoms with van der Waals surface area (Å²) in [6.07, 6.45) is 2.30. The van der Waals surface area contributed by atoms with Crippen LogP contribution in [0.15, 0.2) is 53.0 Å². The summed E-state index contributed by atoms with van der Waals surface area (Å²) in [4.78, 5) is 15.7. The fourth-order valence-electron chi connectivity index (χ4n) is 2.85. The number of rotatable bonds is 6. The van der Waals surface area contributed by atoms with E-state index in [9.17, 15) is 4.79 Å². The maximum Gasteiger partial charge on any atom is 0.240 e. The average Bonchev–Trinajstić information content (AvgIpc) is 3.19. The Morgan fingerprint density at radius 2 is 2.00 bits per heavy atom. The van der Waals surface area contributed by atoms with Crippen LogP contribution in [0.2, 0.25) is 0 Å². The molecule has 1 amide bonds. The van der Waals surface area contributed by atoms with Gasteiger partial charge in [0.25, 0.3) is 0 Å². The highest BCUT2D eigenvalue weighted by atomic mass is 32.2. The summed E-state index contributed by atoms with van der Waals surface area (Å²) in [5.74, 6) is 0.977. The van der Waals surface area contributed by atoms with Crippen molar-refractivity contribution >= 4 is 34.7 Å². The number of nitrogens with zero attached hydrogens (tertiary/aromatic N) is 4. The van der Waals surface area contributed by atoms with Gasteiger partial charge in [0.1, 0.15) is 0 Å². The molecular formula is C19H20N4OS2. The number of carbonyl (C=O) groups excluding carboxylic acids is 1. The van der Waals surface area contributed by atoms with Crippen LogP contribution in [0, 0.1) is 0 Å². The molecule has 2 aromatic heterocycles. The largest absolute Gasteiger partial charge is 0.315 e. The van der Waals surface area contributed by atoms with Gasteiger partial charge in [-0.3, -0.25) is 9.36 Å². The zero-order valence-corrected chi connectivity index (χ0v) is 16.3. The fraction of sp³-hybridized carbons (Fsp3) is 0.316. The molecule has 5 nitrogen and oxygen atoms in total. The Kier molecular flexibility index (Phi) is 4.82. The maximum atomic E-state index is 12.8. The van der Waals surface area contributed by atoms with Crippen LogP contribution in [0.5, 0.6) is 0 Å². The molecule has 0 aliphatic heterocycles. The Labute approximate surface area is 161 Å². The highest BCUT2D eigenvalue weighted by Gasteiger charge is 2.32. The van der Waals surface area contributed by atoms with Crippen LogP contribution in [0.4, 0.5) is 5.69 Å². The molecule has 1 saturated carbocycles. The zero-order valence-electron chi connectivity index (χ0n) is 14.7.